The van der Waals surface area contributed by atoms with Gasteiger partial charge in [-0.25, -0.2) is 4.79 Å². The molecule has 1 N–H and O–H groups in total. The molecule has 2 rings (SSSR count). The van der Waals surface area contributed by atoms with Crippen LogP contribution in [0.5, 0.6) is 11.5 Å². The summed E-state index contributed by atoms with van der Waals surface area (Å²) >= 11 is 0. The van der Waals surface area contributed by atoms with Crippen molar-refractivity contribution < 1.29 is 29.0 Å². The van der Waals surface area contributed by atoms with Gasteiger partial charge in [0.25, 0.3) is 5.69 Å². The molecule has 0 bridgehead atoms. The highest BCUT2D eigenvalue weighted by Gasteiger charge is 2.30. The molecule has 1 aliphatic heterocycles. The fourth-order valence-corrected chi connectivity index (χ4v) is 3.01. The Kier molecular flexibility index (Phi) is 7.16. The third kappa shape index (κ3) is 4.61. The zero-order valence-corrected chi connectivity index (χ0v) is 15.0. The Morgan fingerprint density at radius 3 is 2.65 bits per heavy atom. The lowest BCUT2D eigenvalue weighted by atomic mass is 10.0. The molecule has 9 nitrogen and oxygen atoms in total. The lowest BCUT2D eigenvalue weighted by molar-refractivity contribution is -0.386. The number of benzene rings is 1. The number of hydrogen-bond donors (Lipinski definition) is 1. The van der Waals surface area contributed by atoms with E-state index >= 15 is 0 Å². The Morgan fingerprint density at radius 1 is 1.42 bits per heavy atom. The molecule has 26 heavy (non-hydrogen) atoms. The first-order chi connectivity index (χ1) is 12.5. The van der Waals surface area contributed by atoms with Crippen molar-refractivity contribution in [2.75, 3.05) is 46.6 Å². The summed E-state index contributed by atoms with van der Waals surface area (Å²) in [5, 5.41) is 20.7. The van der Waals surface area contributed by atoms with Crippen LogP contribution >= 0.6 is 0 Å². The molecule has 0 aliphatic carbocycles. The number of carboxylic acid groups (broad SMARTS) is 1. The van der Waals surface area contributed by atoms with Crippen LogP contribution in [0.3, 0.4) is 0 Å². The van der Waals surface area contributed by atoms with Crippen molar-refractivity contribution in [1.82, 2.24) is 4.90 Å². The minimum absolute atomic E-state index is 0.217. The normalized spacial score (nSPS) is 14.8. The summed E-state index contributed by atoms with van der Waals surface area (Å²) in [5.74, 6) is -0.933. The van der Waals surface area contributed by atoms with Crippen molar-refractivity contribution in [2.24, 2.45) is 0 Å². The van der Waals surface area contributed by atoms with Crippen LogP contribution in [0.4, 0.5) is 5.69 Å². The molecule has 0 unspecified atom stereocenters. The van der Waals surface area contributed by atoms with E-state index in [0.29, 0.717) is 6.61 Å². The quantitative estimate of drug-likeness (QED) is 0.400. The zero-order chi connectivity index (χ0) is 19.1. The van der Waals surface area contributed by atoms with E-state index in [1.165, 1.54) is 13.2 Å². The summed E-state index contributed by atoms with van der Waals surface area (Å²) in [6.07, 6.45) is 0.995. The Morgan fingerprint density at radius 2 is 2.12 bits per heavy atom. The van der Waals surface area contributed by atoms with Crippen LogP contribution in [0.1, 0.15) is 29.3 Å². The Hall–Kier alpha value is -2.39. The molecule has 9 heteroatoms. The third-order valence-corrected chi connectivity index (χ3v) is 4.26. The topological polar surface area (TPSA) is 111 Å². The highest BCUT2D eigenvalue weighted by atomic mass is 16.6. The second-order valence-electron chi connectivity index (χ2n) is 5.85. The number of nitrogens with zero attached hydrogens (tertiary/aromatic N) is 2. The fourth-order valence-electron chi connectivity index (χ4n) is 3.01. The molecule has 1 heterocycles. The van der Waals surface area contributed by atoms with Crippen molar-refractivity contribution in [1.29, 1.82) is 0 Å². The number of carboxylic acids is 1. The summed E-state index contributed by atoms with van der Waals surface area (Å²) in [7, 11) is 1.39. The molecule has 0 amide bonds. The average molecular weight is 368 g/mol. The van der Waals surface area contributed by atoms with Gasteiger partial charge in [-0.05, 0) is 12.8 Å². The van der Waals surface area contributed by atoms with E-state index in [0.717, 1.165) is 39.3 Å². The molecule has 1 aliphatic rings. The molecule has 1 aromatic carbocycles. The molecule has 0 spiro atoms. The summed E-state index contributed by atoms with van der Waals surface area (Å²) in [4.78, 5) is 24.4. The monoisotopic (exact) mass is 368 g/mol. The number of carbonyl (C=O) groups is 1. The second kappa shape index (κ2) is 9.35. The minimum atomic E-state index is -1.37. The third-order valence-electron chi connectivity index (χ3n) is 4.26. The molecule has 0 atom stereocenters. The number of nitro groups is 1. The van der Waals surface area contributed by atoms with Crippen molar-refractivity contribution in [3.8, 4) is 11.5 Å². The first-order valence-corrected chi connectivity index (χ1v) is 8.54. The van der Waals surface area contributed by atoms with Crippen LogP contribution in [-0.4, -0.2) is 67.5 Å². The number of nitro benzene ring substituents is 1. The second-order valence-corrected chi connectivity index (χ2v) is 5.85. The average Bonchev–Trinajstić information content (AvgIpc) is 2.64. The largest absolute Gasteiger partial charge is 0.492 e. The summed E-state index contributed by atoms with van der Waals surface area (Å²) in [6, 6.07) is 1.17. The van der Waals surface area contributed by atoms with E-state index in [1.807, 2.05) is 0 Å². The van der Waals surface area contributed by atoms with E-state index < -0.39 is 22.1 Å². The highest BCUT2D eigenvalue weighted by Crippen LogP contribution is 2.40. The standard InChI is InChI=1S/C17H24N2O7/c1-3-12-15(19(22)23)13(17(20)21)11-14(16(12)24-2)26-8-4-5-18-6-9-25-10-7-18/h11H,3-10H2,1-2H3,(H,20,21). The Balaban J connectivity index is 2.17. The maximum atomic E-state index is 11.5. The first-order valence-electron chi connectivity index (χ1n) is 8.54. The molecule has 1 aromatic rings. The molecule has 1 fully saturated rings. The van der Waals surface area contributed by atoms with Crippen LogP contribution in [0, 0.1) is 10.1 Å². The van der Waals surface area contributed by atoms with Crippen LogP contribution in [-0.2, 0) is 11.2 Å². The predicted octanol–water partition coefficient (Wildman–Crippen LogP) is 1.97. The maximum absolute atomic E-state index is 11.5. The van der Waals surface area contributed by atoms with Crippen LogP contribution in [0.25, 0.3) is 0 Å². The predicted molar refractivity (Wildman–Crippen MR) is 93.4 cm³/mol. The van der Waals surface area contributed by atoms with Crippen LogP contribution in [0.2, 0.25) is 0 Å². The molecule has 0 saturated carbocycles. The number of morpholine rings is 1. The van der Waals surface area contributed by atoms with Gasteiger partial charge in [-0.1, -0.05) is 6.92 Å². The van der Waals surface area contributed by atoms with Gasteiger partial charge in [-0.15, -0.1) is 0 Å². The summed E-state index contributed by atoms with van der Waals surface area (Å²) in [5.41, 5.74) is -0.617. The van der Waals surface area contributed by atoms with E-state index in [4.69, 9.17) is 14.2 Å². The van der Waals surface area contributed by atoms with Crippen molar-refractivity contribution in [3.05, 3.63) is 27.3 Å². The number of ether oxygens (including phenoxy) is 3. The zero-order valence-electron chi connectivity index (χ0n) is 15.0. The molecule has 0 aromatic heterocycles. The van der Waals surface area contributed by atoms with Gasteiger partial charge < -0.3 is 19.3 Å². The number of methoxy groups -OCH3 is 1. The molecular formula is C17H24N2O7. The summed E-state index contributed by atoms with van der Waals surface area (Å²) in [6.45, 7) is 6.10. The van der Waals surface area contributed by atoms with Crippen LogP contribution < -0.4 is 9.47 Å². The smallest absolute Gasteiger partial charge is 0.342 e. The minimum Gasteiger partial charge on any atom is -0.492 e. The number of hydrogen-bond acceptors (Lipinski definition) is 7. The van der Waals surface area contributed by atoms with Crippen molar-refractivity contribution >= 4 is 11.7 Å². The molecule has 144 valence electrons. The van der Waals surface area contributed by atoms with E-state index in [-0.39, 0.29) is 23.5 Å². The SMILES string of the molecule is CCc1c(OC)c(OCCCN2CCOCC2)cc(C(=O)O)c1[N+](=O)[O-]. The van der Waals surface area contributed by atoms with Gasteiger partial charge in [0.1, 0.15) is 5.56 Å². The van der Waals surface area contributed by atoms with E-state index in [9.17, 15) is 20.0 Å². The Bertz CT molecular complexity index is 657. The molecular weight excluding hydrogens is 344 g/mol. The summed E-state index contributed by atoms with van der Waals surface area (Å²) < 4.78 is 16.3. The lowest BCUT2D eigenvalue weighted by Crippen LogP contribution is -2.37. The lowest BCUT2D eigenvalue weighted by Gasteiger charge is -2.26. The molecule has 1 saturated heterocycles. The van der Waals surface area contributed by atoms with Gasteiger partial charge in [0.2, 0.25) is 0 Å². The van der Waals surface area contributed by atoms with Gasteiger partial charge in [0, 0.05) is 25.7 Å². The van der Waals surface area contributed by atoms with Crippen molar-refractivity contribution in [2.45, 2.75) is 19.8 Å². The highest BCUT2D eigenvalue weighted by molar-refractivity contribution is 5.94. The van der Waals surface area contributed by atoms with Crippen molar-refractivity contribution in [3.63, 3.8) is 0 Å². The van der Waals surface area contributed by atoms with Gasteiger partial charge >= 0.3 is 5.97 Å². The first kappa shape index (κ1) is 19.9. The fraction of sp³-hybridized carbons (Fsp3) is 0.588. The number of rotatable bonds is 9. The van der Waals surface area contributed by atoms with Gasteiger partial charge in [0.05, 0.1) is 37.4 Å². The van der Waals surface area contributed by atoms with E-state index in [2.05, 4.69) is 4.90 Å². The number of aromatic carboxylic acids is 1. The van der Waals surface area contributed by atoms with E-state index in [1.54, 1.807) is 6.92 Å². The van der Waals surface area contributed by atoms with Crippen LogP contribution in [0.15, 0.2) is 6.07 Å². The maximum Gasteiger partial charge on any atom is 0.342 e. The Labute approximate surface area is 151 Å². The van der Waals surface area contributed by atoms with Gasteiger partial charge in [-0.3, -0.25) is 15.0 Å². The van der Waals surface area contributed by atoms with Gasteiger partial charge in [-0.2, -0.15) is 0 Å². The van der Waals surface area contributed by atoms with Gasteiger partial charge in [0.15, 0.2) is 11.5 Å². The molecule has 0 radical (unpaired) electrons.